The number of aromatic amines is 1. The van der Waals surface area contributed by atoms with Crippen molar-refractivity contribution < 1.29 is 9.59 Å². The molecule has 0 bridgehead atoms. The van der Waals surface area contributed by atoms with Crippen molar-refractivity contribution in [2.45, 2.75) is 25.2 Å². The van der Waals surface area contributed by atoms with Crippen LogP contribution >= 0.6 is 0 Å². The van der Waals surface area contributed by atoms with Gasteiger partial charge in [-0.2, -0.15) is 0 Å². The standard InChI is InChI=1S/C18H23N5O2/c19-17(25)13-3-5-15(6-4-13)22-16(24)7-11-23-10-1-2-14(12-23)18-20-8-9-21-18/h3-6,8-9,14H,1-2,7,10-12H2,(H2,19,25)(H,20,21)(H,22,24)/t14-/m1/s1. The lowest BCUT2D eigenvalue weighted by Gasteiger charge is -2.31. The minimum absolute atomic E-state index is 0.0352. The second-order valence-electron chi connectivity index (χ2n) is 6.35. The van der Waals surface area contributed by atoms with Crippen molar-refractivity contribution in [2.75, 3.05) is 25.0 Å². The van der Waals surface area contributed by atoms with Gasteiger partial charge < -0.3 is 20.9 Å². The maximum atomic E-state index is 12.1. The first-order chi connectivity index (χ1) is 12.1. The van der Waals surface area contributed by atoms with Crippen molar-refractivity contribution in [1.82, 2.24) is 14.9 Å². The molecule has 1 aliphatic heterocycles. The number of aromatic nitrogens is 2. The van der Waals surface area contributed by atoms with E-state index in [2.05, 4.69) is 20.2 Å². The highest BCUT2D eigenvalue weighted by Crippen LogP contribution is 2.24. The smallest absolute Gasteiger partial charge is 0.248 e. The zero-order valence-electron chi connectivity index (χ0n) is 14.1. The predicted molar refractivity (Wildman–Crippen MR) is 95.2 cm³/mol. The second-order valence-corrected chi connectivity index (χ2v) is 6.35. The molecule has 0 saturated carbocycles. The Balaban J connectivity index is 1.46. The number of amides is 2. The predicted octanol–water partition coefficient (Wildman–Crippen LogP) is 1.72. The number of anilines is 1. The van der Waals surface area contributed by atoms with E-state index in [1.54, 1.807) is 30.5 Å². The molecule has 3 rings (SSSR count). The Labute approximate surface area is 146 Å². The minimum Gasteiger partial charge on any atom is -0.366 e. The number of carbonyl (C=O) groups excluding carboxylic acids is 2. The summed E-state index contributed by atoms with van der Waals surface area (Å²) < 4.78 is 0. The van der Waals surface area contributed by atoms with Gasteiger partial charge in [0.15, 0.2) is 0 Å². The quantitative estimate of drug-likeness (QED) is 0.744. The van der Waals surface area contributed by atoms with Gasteiger partial charge in [-0.1, -0.05) is 0 Å². The molecule has 0 aliphatic carbocycles. The number of imidazole rings is 1. The molecule has 1 aliphatic rings. The number of nitrogens with zero attached hydrogens (tertiary/aromatic N) is 2. The number of benzene rings is 1. The number of hydrogen-bond acceptors (Lipinski definition) is 4. The lowest BCUT2D eigenvalue weighted by molar-refractivity contribution is -0.116. The molecule has 7 nitrogen and oxygen atoms in total. The van der Waals surface area contributed by atoms with Crippen LogP contribution in [0.25, 0.3) is 0 Å². The molecular formula is C18H23N5O2. The number of piperidine rings is 1. The molecule has 2 amide bonds. The van der Waals surface area contributed by atoms with Crippen LogP contribution < -0.4 is 11.1 Å². The first-order valence-corrected chi connectivity index (χ1v) is 8.53. The van der Waals surface area contributed by atoms with E-state index in [0.717, 1.165) is 38.3 Å². The molecular weight excluding hydrogens is 318 g/mol. The van der Waals surface area contributed by atoms with E-state index in [1.807, 2.05) is 6.20 Å². The Kier molecular flexibility index (Phi) is 5.45. The zero-order chi connectivity index (χ0) is 17.6. The third-order valence-electron chi connectivity index (χ3n) is 4.52. The fourth-order valence-corrected chi connectivity index (χ4v) is 3.18. The molecule has 1 saturated heterocycles. The molecule has 0 unspecified atom stereocenters. The summed E-state index contributed by atoms with van der Waals surface area (Å²) in [5, 5.41) is 2.85. The summed E-state index contributed by atoms with van der Waals surface area (Å²) in [5.41, 5.74) is 6.30. The van der Waals surface area contributed by atoms with Crippen molar-refractivity contribution in [1.29, 1.82) is 0 Å². The summed E-state index contributed by atoms with van der Waals surface area (Å²) in [5.74, 6) is 0.929. The van der Waals surface area contributed by atoms with Gasteiger partial charge in [0.2, 0.25) is 11.8 Å². The second kappa shape index (κ2) is 7.94. The highest BCUT2D eigenvalue weighted by molar-refractivity contribution is 5.94. The summed E-state index contributed by atoms with van der Waals surface area (Å²) in [6.07, 6.45) is 6.31. The largest absolute Gasteiger partial charge is 0.366 e. The van der Waals surface area contributed by atoms with Gasteiger partial charge in [0.05, 0.1) is 0 Å². The average Bonchev–Trinajstić information content (AvgIpc) is 3.15. The summed E-state index contributed by atoms with van der Waals surface area (Å²) >= 11 is 0. The van der Waals surface area contributed by atoms with Gasteiger partial charge in [-0.25, -0.2) is 4.98 Å². The number of H-pyrrole nitrogens is 1. The Morgan fingerprint density at radius 1 is 1.32 bits per heavy atom. The Morgan fingerprint density at radius 2 is 2.12 bits per heavy atom. The van der Waals surface area contributed by atoms with Crippen LogP contribution in [0.2, 0.25) is 0 Å². The fraction of sp³-hybridized carbons (Fsp3) is 0.389. The van der Waals surface area contributed by atoms with E-state index in [4.69, 9.17) is 5.73 Å². The monoisotopic (exact) mass is 341 g/mol. The molecule has 1 aromatic carbocycles. The van der Waals surface area contributed by atoms with Crippen LogP contribution in [0.1, 0.15) is 41.4 Å². The summed E-state index contributed by atoms with van der Waals surface area (Å²) in [6.45, 7) is 2.66. The van der Waals surface area contributed by atoms with Gasteiger partial charge in [-0.15, -0.1) is 0 Å². The fourth-order valence-electron chi connectivity index (χ4n) is 3.18. The molecule has 0 radical (unpaired) electrons. The SMILES string of the molecule is NC(=O)c1ccc(NC(=O)CCN2CCC[C@@H](c3ncc[nH]3)C2)cc1. The lowest BCUT2D eigenvalue weighted by atomic mass is 9.97. The topological polar surface area (TPSA) is 104 Å². The van der Waals surface area contributed by atoms with Crippen LogP contribution in [0, 0.1) is 0 Å². The Morgan fingerprint density at radius 3 is 2.80 bits per heavy atom. The van der Waals surface area contributed by atoms with Crippen LogP contribution in [0.15, 0.2) is 36.7 Å². The minimum atomic E-state index is -0.478. The van der Waals surface area contributed by atoms with E-state index in [9.17, 15) is 9.59 Å². The Bertz CT molecular complexity index is 712. The van der Waals surface area contributed by atoms with Crippen LogP contribution in [-0.4, -0.2) is 46.3 Å². The number of primary amides is 1. The van der Waals surface area contributed by atoms with E-state index >= 15 is 0 Å². The lowest BCUT2D eigenvalue weighted by Crippen LogP contribution is -2.36. The van der Waals surface area contributed by atoms with Gasteiger partial charge in [0.1, 0.15) is 5.82 Å². The number of carbonyl (C=O) groups is 2. The highest BCUT2D eigenvalue weighted by atomic mass is 16.2. The zero-order valence-corrected chi connectivity index (χ0v) is 14.1. The van der Waals surface area contributed by atoms with E-state index < -0.39 is 5.91 Å². The molecule has 4 N–H and O–H groups in total. The van der Waals surface area contributed by atoms with Gasteiger partial charge in [-0.3, -0.25) is 9.59 Å². The van der Waals surface area contributed by atoms with Crippen LogP contribution in [0.4, 0.5) is 5.69 Å². The van der Waals surface area contributed by atoms with Crippen molar-refractivity contribution in [3.8, 4) is 0 Å². The van der Waals surface area contributed by atoms with Gasteiger partial charge in [0.25, 0.3) is 0 Å². The van der Waals surface area contributed by atoms with Crippen LogP contribution in [0.3, 0.4) is 0 Å². The maximum Gasteiger partial charge on any atom is 0.248 e. The van der Waals surface area contributed by atoms with Gasteiger partial charge in [0, 0.05) is 49.1 Å². The molecule has 1 atom stereocenters. The van der Waals surface area contributed by atoms with Crippen LogP contribution in [0.5, 0.6) is 0 Å². The third-order valence-corrected chi connectivity index (χ3v) is 4.52. The first-order valence-electron chi connectivity index (χ1n) is 8.53. The average molecular weight is 341 g/mol. The molecule has 1 fully saturated rings. The molecule has 1 aromatic heterocycles. The Hall–Kier alpha value is -2.67. The molecule has 0 spiro atoms. The molecule has 2 aromatic rings. The maximum absolute atomic E-state index is 12.1. The number of hydrogen-bond donors (Lipinski definition) is 3. The highest BCUT2D eigenvalue weighted by Gasteiger charge is 2.23. The van der Waals surface area contributed by atoms with Crippen molar-refractivity contribution in [3.63, 3.8) is 0 Å². The summed E-state index contributed by atoms with van der Waals surface area (Å²) in [7, 11) is 0. The molecule has 7 heteroatoms. The number of nitrogens with one attached hydrogen (secondary N) is 2. The third kappa shape index (κ3) is 4.67. The first kappa shape index (κ1) is 17.2. The van der Waals surface area contributed by atoms with Crippen molar-refractivity contribution in [3.05, 3.63) is 48.0 Å². The molecule has 132 valence electrons. The van der Waals surface area contributed by atoms with Gasteiger partial charge >= 0.3 is 0 Å². The number of nitrogens with two attached hydrogens (primary N) is 1. The molecule has 25 heavy (non-hydrogen) atoms. The van der Waals surface area contributed by atoms with Crippen LogP contribution in [-0.2, 0) is 4.79 Å². The number of rotatable bonds is 6. The normalized spacial score (nSPS) is 18.0. The van der Waals surface area contributed by atoms with E-state index in [1.165, 1.54) is 0 Å². The summed E-state index contributed by atoms with van der Waals surface area (Å²) in [4.78, 5) is 33.0. The van der Waals surface area contributed by atoms with E-state index in [-0.39, 0.29) is 5.91 Å². The summed E-state index contributed by atoms with van der Waals surface area (Å²) in [6, 6.07) is 6.59. The van der Waals surface area contributed by atoms with Crippen molar-refractivity contribution in [2.24, 2.45) is 5.73 Å². The van der Waals surface area contributed by atoms with Gasteiger partial charge in [-0.05, 0) is 43.7 Å². The number of likely N-dealkylation sites (tertiary alicyclic amines) is 1. The molecule has 2 heterocycles. The van der Waals surface area contributed by atoms with E-state index in [0.29, 0.717) is 23.6 Å². The van der Waals surface area contributed by atoms with Crippen molar-refractivity contribution >= 4 is 17.5 Å².